The van der Waals surface area contributed by atoms with E-state index in [1.807, 2.05) is 57.4 Å². The van der Waals surface area contributed by atoms with Crippen LogP contribution in [0.15, 0.2) is 60.3 Å². The highest BCUT2D eigenvalue weighted by Crippen LogP contribution is 2.32. The van der Waals surface area contributed by atoms with E-state index < -0.39 is 0 Å². The number of carbonyl (C=O) groups excluding carboxylic acids is 3. The zero-order chi connectivity index (χ0) is 36.5. The van der Waals surface area contributed by atoms with Gasteiger partial charge in [-0.3, -0.25) is 9.59 Å². The Labute approximate surface area is 300 Å². The van der Waals surface area contributed by atoms with Gasteiger partial charge in [-0.25, -0.2) is 9.78 Å². The van der Waals surface area contributed by atoms with Crippen molar-refractivity contribution < 1.29 is 23.9 Å². The second kappa shape index (κ2) is 17.2. The average Bonchev–Trinajstić information content (AvgIpc) is 3.56. The van der Waals surface area contributed by atoms with Crippen LogP contribution in [0.4, 0.5) is 11.4 Å². The number of fused-ring (bicyclic) bond motifs is 1. The fourth-order valence-electron chi connectivity index (χ4n) is 6.08. The molecular formula is C39H49N7O5. The number of likely N-dealkylation sites (N-methyl/N-ethyl adjacent to an activating group) is 2. The van der Waals surface area contributed by atoms with E-state index in [0.29, 0.717) is 41.2 Å². The smallest absolute Gasteiger partial charge is 0.259 e. The molecular weight excluding hydrogens is 646 g/mol. The molecule has 51 heavy (non-hydrogen) atoms. The molecule has 270 valence electrons. The molecule has 2 N–H and O–H groups in total. The Kier molecular flexibility index (Phi) is 12.5. The standard InChI is InChI=1S/C39H49N7O5/c1-27-13-16-33(35(24-27)51-23-8-7-10-29(26-47)46-21-19-44(4)20-22-46)45(5)39(49)28-14-15-30(34(25-28)50-6)38(48)41-32-12-9-11-31-37(32)42-36(40-31)17-18-43(2)3/h9,11-16,24-25H,7-8,10,17-23H2,1-6H3,(H,40,42)(H,41,48). The molecule has 0 unspecified atom stereocenters. The molecule has 1 aliphatic rings. The lowest BCUT2D eigenvalue weighted by Gasteiger charge is -2.34. The van der Waals surface area contributed by atoms with E-state index in [1.54, 1.807) is 25.2 Å². The lowest BCUT2D eigenvalue weighted by molar-refractivity contribution is 0.0987. The maximum atomic E-state index is 13.8. The number of piperazine rings is 1. The van der Waals surface area contributed by atoms with Crippen molar-refractivity contribution in [3.63, 3.8) is 0 Å². The van der Waals surface area contributed by atoms with Gasteiger partial charge < -0.3 is 39.4 Å². The number of H-pyrrole nitrogens is 1. The normalized spacial score (nSPS) is 13.3. The first-order valence-electron chi connectivity index (χ1n) is 17.4. The van der Waals surface area contributed by atoms with E-state index >= 15 is 0 Å². The number of nitrogens with zero attached hydrogens (tertiary/aromatic N) is 5. The molecule has 5 rings (SSSR count). The van der Waals surface area contributed by atoms with E-state index in [0.717, 1.165) is 74.6 Å². The summed E-state index contributed by atoms with van der Waals surface area (Å²) in [6, 6.07) is 16.1. The maximum absolute atomic E-state index is 13.8. The van der Waals surface area contributed by atoms with Gasteiger partial charge in [-0.1, -0.05) is 12.1 Å². The summed E-state index contributed by atoms with van der Waals surface area (Å²) >= 11 is 0. The molecule has 0 bridgehead atoms. The highest BCUT2D eigenvalue weighted by atomic mass is 16.5. The van der Waals surface area contributed by atoms with Crippen LogP contribution in [0.3, 0.4) is 0 Å². The van der Waals surface area contributed by atoms with Gasteiger partial charge in [0.05, 0.1) is 41.9 Å². The number of benzene rings is 3. The van der Waals surface area contributed by atoms with Gasteiger partial charge in [-0.2, -0.15) is 0 Å². The van der Waals surface area contributed by atoms with Crippen LogP contribution in [0, 0.1) is 6.92 Å². The van der Waals surface area contributed by atoms with Gasteiger partial charge in [-0.05, 0) is 95.4 Å². The maximum Gasteiger partial charge on any atom is 0.259 e. The zero-order valence-corrected chi connectivity index (χ0v) is 30.5. The molecule has 1 aromatic heterocycles. The lowest BCUT2D eigenvalue weighted by Crippen LogP contribution is -2.44. The number of aryl methyl sites for hydroxylation is 1. The Hall–Kier alpha value is -5.16. The molecule has 12 nitrogen and oxygen atoms in total. The minimum Gasteiger partial charge on any atom is -0.496 e. The van der Waals surface area contributed by atoms with Crippen molar-refractivity contribution >= 4 is 40.2 Å². The number of unbranched alkanes of at least 4 members (excludes halogenated alkanes) is 1. The largest absolute Gasteiger partial charge is 0.496 e. The van der Waals surface area contributed by atoms with E-state index in [4.69, 9.17) is 14.5 Å². The first-order valence-corrected chi connectivity index (χ1v) is 17.4. The number of methoxy groups -OCH3 is 1. The number of amides is 2. The van der Waals surface area contributed by atoms with Crippen LogP contribution in [0.2, 0.25) is 0 Å². The summed E-state index contributed by atoms with van der Waals surface area (Å²) in [5.41, 5.74) is 5.08. The second-order valence-corrected chi connectivity index (χ2v) is 13.3. The van der Waals surface area contributed by atoms with Gasteiger partial charge in [0.1, 0.15) is 28.8 Å². The first-order chi connectivity index (χ1) is 24.6. The Bertz CT molecular complexity index is 1890. The third-order valence-corrected chi connectivity index (χ3v) is 9.15. The fraction of sp³-hybridized carbons (Fsp3) is 0.410. The Balaban J connectivity index is 1.23. The van der Waals surface area contributed by atoms with E-state index in [2.05, 4.69) is 38.0 Å². The molecule has 0 aliphatic carbocycles. The number of hydrogen-bond donors (Lipinski definition) is 2. The molecule has 0 saturated carbocycles. The minimum atomic E-state index is -0.377. The summed E-state index contributed by atoms with van der Waals surface area (Å²) in [5.74, 6) is 3.20. The molecule has 0 radical (unpaired) electrons. The van der Waals surface area contributed by atoms with Gasteiger partial charge >= 0.3 is 0 Å². The van der Waals surface area contributed by atoms with Crippen molar-refractivity contribution in [2.75, 3.05) is 84.8 Å². The third kappa shape index (κ3) is 9.35. The fourth-order valence-corrected chi connectivity index (χ4v) is 6.08. The summed E-state index contributed by atoms with van der Waals surface area (Å²) < 4.78 is 11.8. The molecule has 1 aliphatic heterocycles. The zero-order valence-electron chi connectivity index (χ0n) is 30.5. The number of rotatable bonds is 15. The number of ether oxygens (including phenoxy) is 2. The monoisotopic (exact) mass is 695 g/mol. The minimum absolute atomic E-state index is 0.272. The molecule has 0 atom stereocenters. The Morgan fingerprint density at radius 2 is 1.78 bits per heavy atom. The van der Waals surface area contributed by atoms with Crippen molar-refractivity contribution in [2.24, 2.45) is 0 Å². The van der Waals surface area contributed by atoms with Crippen molar-refractivity contribution in [3.05, 3.63) is 82.8 Å². The molecule has 12 heteroatoms. The second-order valence-electron chi connectivity index (χ2n) is 13.3. The van der Waals surface area contributed by atoms with Crippen molar-refractivity contribution in [3.8, 4) is 11.5 Å². The number of nitrogens with one attached hydrogen (secondary N) is 2. The molecule has 0 spiro atoms. The van der Waals surface area contributed by atoms with E-state index in [1.165, 1.54) is 12.0 Å². The van der Waals surface area contributed by atoms with Gasteiger partial charge in [0, 0.05) is 51.8 Å². The average molecular weight is 696 g/mol. The number of aromatic amines is 1. The Morgan fingerprint density at radius 3 is 2.51 bits per heavy atom. The number of allylic oxidation sites excluding steroid dienone is 1. The molecule has 1 fully saturated rings. The van der Waals surface area contributed by atoms with Gasteiger partial charge in [0.25, 0.3) is 11.8 Å². The van der Waals surface area contributed by atoms with Crippen molar-refractivity contribution in [1.82, 2.24) is 24.7 Å². The van der Waals surface area contributed by atoms with E-state index in [9.17, 15) is 14.4 Å². The number of aromatic nitrogens is 2. The summed E-state index contributed by atoms with van der Waals surface area (Å²) in [6.07, 6.45) is 2.95. The van der Waals surface area contributed by atoms with Crippen LogP contribution < -0.4 is 19.7 Å². The number of anilines is 2. The topological polar surface area (TPSA) is 123 Å². The molecule has 3 aromatic carbocycles. The van der Waals surface area contributed by atoms with Crippen LogP contribution in [0.5, 0.6) is 11.5 Å². The van der Waals surface area contributed by atoms with Crippen LogP contribution in [-0.4, -0.2) is 117 Å². The highest BCUT2D eigenvalue weighted by Gasteiger charge is 2.22. The van der Waals surface area contributed by atoms with Crippen LogP contribution in [0.25, 0.3) is 11.0 Å². The van der Waals surface area contributed by atoms with Crippen LogP contribution >= 0.6 is 0 Å². The molecule has 1 saturated heterocycles. The number of hydrogen-bond acceptors (Lipinski definition) is 9. The third-order valence-electron chi connectivity index (χ3n) is 9.15. The van der Waals surface area contributed by atoms with Crippen molar-refractivity contribution in [1.29, 1.82) is 0 Å². The first kappa shape index (κ1) is 37.1. The summed E-state index contributed by atoms with van der Waals surface area (Å²) in [6.45, 7) is 6.81. The summed E-state index contributed by atoms with van der Waals surface area (Å²) in [4.78, 5) is 55.0. The SMILES string of the molecule is COc1cc(C(=O)N(C)c2ccc(C)cc2OCCCCC(=C=O)N2CCN(C)CC2)ccc1C(=O)Nc1cccc2[nH]c(CCN(C)C)nc12. The predicted octanol–water partition coefficient (Wildman–Crippen LogP) is 5.02. The molecule has 4 aromatic rings. The Morgan fingerprint density at radius 1 is 1.00 bits per heavy atom. The van der Waals surface area contributed by atoms with Gasteiger partial charge in [0.15, 0.2) is 0 Å². The highest BCUT2D eigenvalue weighted by molar-refractivity contribution is 6.11. The van der Waals surface area contributed by atoms with Crippen LogP contribution in [-0.2, 0) is 11.2 Å². The number of para-hydroxylation sites is 1. The lowest BCUT2D eigenvalue weighted by atomic mass is 10.1. The number of imidazole rings is 1. The van der Waals surface area contributed by atoms with Crippen LogP contribution in [0.1, 0.15) is 51.4 Å². The predicted molar refractivity (Wildman–Crippen MR) is 201 cm³/mol. The van der Waals surface area contributed by atoms with Crippen molar-refractivity contribution in [2.45, 2.75) is 32.6 Å². The molecule has 2 amide bonds. The van der Waals surface area contributed by atoms with Gasteiger partial charge in [-0.15, -0.1) is 0 Å². The van der Waals surface area contributed by atoms with Gasteiger partial charge in [0.2, 0.25) is 0 Å². The summed E-state index contributed by atoms with van der Waals surface area (Å²) in [7, 11) is 9.28. The summed E-state index contributed by atoms with van der Waals surface area (Å²) in [5, 5.41) is 2.97. The number of carbonyl (C=O) groups is 2. The molecule has 2 heterocycles. The van der Waals surface area contributed by atoms with E-state index in [-0.39, 0.29) is 23.1 Å². The quantitative estimate of drug-likeness (QED) is 0.130.